The molecule has 0 bridgehead atoms. The van der Waals surface area contributed by atoms with Gasteiger partial charge in [0.25, 0.3) is 0 Å². The summed E-state index contributed by atoms with van der Waals surface area (Å²) < 4.78 is 0. The van der Waals surface area contributed by atoms with Crippen molar-refractivity contribution in [3.05, 3.63) is 91.0 Å². The van der Waals surface area contributed by atoms with Crippen molar-refractivity contribution in [1.82, 2.24) is 4.98 Å². The zero-order valence-electron chi connectivity index (χ0n) is 12.2. The monoisotopic (exact) mass is 286 g/mol. The number of nitrogens with one attached hydrogen (secondary N) is 1. The van der Waals surface area contributed by atoms with Gasteiger partial charge in [-0.2, -0.15) is 0 Å². The van der Waals surface area contributed by atoms with E-state index in [1.807, 2.05) is 42.5 Å². The van der Waals surface area contributed by atoms with Crippen LogP contribution in [0.5, 0.6) is 0 Å². The second-order valence-electron chi connectivity index (χ2n) is 5.04. The molecule has 4 aromatic rings. The van der Waals surface area contributed by atoms with Crippen molar-refractivity contribution >= 4 is 16.7 Å². The van der Waals surface area contributed by atoms with Crippen LogP contribution in [0, 0.1) is 0 Å². The first-order valence-electron chi connectivity index (χ1n) is 7.26. The highest BCUT2D eigenvalue weighted by molar-refractivity contribution is 5.83. The molecule has 1 heterocycles. The molecule has 2 heteroatoms. The first-order valence-corrected chi connectivity index (χ1v) is 7.26. The Morgan fingerprint density at radius 3 is 1.64 bits per heavy atom. The molecule has 0 aliphatic heterocycles. The lowest BCUT2D eigenvalue weighted by Gasteiger charge is -1.98. The number of aromatic nitrogens is 1. The van der Waals surface area contributed by atoms with E-state index in [2.05, 4.69) is 53.5 Å². The Kier molecular flexibility index (Phi) is 4.21. The Labute approximate surface area is 130 Å². The highest BCUT2D eigenvalue weighted by Gasteiger charge is 1.93. The molecule has 0 atom stereocenters. The molecule has 0 unspecified atom stereocenters. The van der Waals surface area contributed by atoms with Gasteiger partial charge in [0.1, 0.15) is 5.82 Å². The summed E-state index contributed by atoms with van der Waals surface area (Å²) in [6.07, 6.45) is 0. The minimum absolute atomic E-state index is 0.723. The first kappa shape index (κ1) is 14.0. The number of nitrogens with two attached hydrogens (primary N) is 1. The molecule has 0 saturated heterocycles. The Morgan fingerprint density at radius 2 is 1.09 bits per heavy atom. The van der Waals surface area contributed by atoms with Crippen molar-refractivity contribution in [3.8, 4) is 11.1 Å². The number of anilines is 1. The summed E-state index contributed by atoms with van der Waals surface area (Å²) in [6, 6.07) is 30.7. The lowest BCUT2D eigenvalue weighted by Crippen LogP contribution is -1.80. The van der Waals surface area contributed by atoms with Gasteiger partial charge in [-0.1, -0.05) is 78.9 Å². The Bertz CT molecular complexity index is 763. The van der Waals surface area contributed by atoms with Crippen molar-refractivity contribution in [1.29, 1.82) is 0 Å². The number of para-hydroxylation sites is 1. The van der Waals surface area contributed by atoms with Crippen LogP contribution in [0.3, 0.4) is 0 Å². The van der Waals surface area contributed by atoms with E-state index in [0.717, 1.165) is 11.3 Å². The number of H-pyrrole nitrogens is 1. The highest BCUT2D eigenvalue weighted by atomic mass is 14.8. The lowest BCUT2D eigenvalue weighted by atomic mass is 10.1. The fraction of sp³-hybridized carbons (Fsp3) is 0. The molecule has 108 valence electrons. The van der Waals surface area contributed by atoms with Gasteiger partial charge < -0.3 is 10.7 Å². The average molecular weight is 286 g/mol. The number of nitrogen functional groups attached to an aromatic ring is 1. The largest absolute Gasteiger partial charge is 0.385 e. The quantitative estimate of drug-likeness (QED) is 0.502. The number of fused-ring (bicyclic) bond motifs is 1. The van der Waals surface area contributed by atoms with E-state index in [1.54, 1.807) is 0 Å². The van der Waals surface area contributed by atoms with E-state index in [0.29, 0.717) is 0 Å². The molecule has 2 nitrogen and oxygen atoms in total. The van der Waals surface area contributed by atoms with Gasteiger partial charge in [0.15, 0.2) is 0 Å². The van der Waals surface area contributed by atoms with Crippen LogP contribution in [-0.2, 0) is 0 Å². The van der Waals surface area contributed by atoms with Crippen molar-refractivity contribution < 1.29 is 0 Å². The number of rotatable bonds is 1. The first-order chi connectivity index (χ1) is 10.8. The van der Waals surface area contributed by atoms with Crippen molar-refractivity contribution in [2.24, 2.45) is 0 Å². The lowest BCUT2D eigenvalue weighted by molar-refractivity contribution is 1.47. The SMILES string of the molecule is Nc1cc2ccccc2[nH]1.c1ccc(-c2ccccc2)cc1. The van der Waals surface area contributed by atoms with Gasteiger partial charge in [0, 0.05) is 10.9 Å². The Balaban J connectivity index is 0.000000133. The van der Waals surface area contributed by atoms with Gasteiger partial charge in [0.05, 0.1) is 0 Å². The van der Waals surface area contributed by atoms with Gasteiger partial charge in [-0.05, 0) is 23.3 Å². The fourth-order valence-electron chi connectivity index (χ4n) is 2.36. The molecule has 0 radical (unpaired) electrons. The van der Waals surface area contributed by atoms with Crippen LogP contribution in [0.4, 0.5) is 5.82 Å². The molecule has 0 aliphatic carbocycles. The second-order valence-corrected chi connectivity index (χ2v) is 5.04. The van der Waals surface area contributed by atoms with E-state index in [1.165, 1.54) is 16.5 Å². The van der Waals surface area contributed by atoms with Crippen LogP contribution in [-0.4, -0.2) is 4.98 Å². The van der Waals surface area contributed by atoms with Crippen molar-refractivity contribution in [3.63, 3.8) is 0 Å². The Hall–Kier alpha value is -3.00. The van der Waals surface area contributed by atoms with Gasteiger partial charge >= 0.3 is 0 Å². The average Bonchev–Trinajstić information content (AvgIpc) is 2.97. The van der Waals surface area contributed by atoms with Gasteiger partial charge in [-0.3, -0.25) is 0 Å². The number of hydrogen-bond donors (Lipinski definition) is 2. The molecule has 0 saturated carbocycles. The molecule has 3 N–H and O–H groups in total. The summed E-state index contributed by atoms with van der Waals surface area (Å²) in [6.45, 7) is 0. The Morgan fingerprint density at radius 1 is 0.591 bits per heavy atom. The third-order valence-corrected chi connectivity index (χ3v) is 3.43. The van der Waals surface area contributed by atoms with Crippen molar-refractivity contribution in [2.75, 3.05) is 5.73 Å². The van der Waals surface area contributed by atoms with Gasteiger partial charge in [-0.25, -0.2) is 0 Å². The maximum atomic E-state index is 5.54. The summed E-state index contributed by atoms with van der Waals surface area (Å²) >= 11 is 0. The minimum Gasteiger partial charge on any atom is -0.385 e. The molecule has 1 aromatic heterocycles. The molecule has 0 aliphatic rings. The third kappa shape index (κ3) is 3.36. The maximum absolute atomic E-state index is 5.54. The summed E-state index contributed by atoms with van der Waals surface area (Å²) in [5.74, 6) is 0.723. The molecular formula is C20H18N2. The van der Waals surface area contributed by atoms with E-state index in [9.17, 15) is 0 Å². The van der Waals surface area contributed by atoms with E-state index < -0.39 is 0 Å². The summed E-state index contributed by atoms with van der Waals surface area (Å²) in [5.41, 5.74) is 9.18. The van der Waals surface area contributed by atoms with E-state index >= 15 is 0 Å². The molecule has 4 rings (SSSR count). The molecule has 0 fully saturated rings. The summed E-state index contributed by atoms with van der Waals surface area (Å²) in [4.78, 5) is 3.04. The normalized spacial score (nSPS) is 10.0. The fourth-order valence-corrected chi connectivity index (χ4v) is 2.36. The standard InChI is InChI=1S/C12H10.C8H8N2/c1-3-7-11(8-4-1)12-9-5-2-6-10-12;9-8-5-6-3-1-2-4-7(6)10-8/h1-10H;1-5,10H,9H2. The van der Waals surface area contributed by atoms with Gasteiger partial charge in [0.2, 0.25) is 0 Å². The van der Waals surface area contributed by atoms with E-state index in [-0.39, 0.29) is 0 Å². The third-order valence-electron chi connectivity index (χ3n) is 3.43. The molecule has 0 amide bonds. The molecule has 3 aromatic carbocycles. The van der Waals surface area contributed by atoms with Crippen molar-refractivity contribution in [2.45, 2.75) is 0 Å². The van der Waals surface area contributed by atoms with Crippen LogP contribution in [0.2, 0.25) is 0 Å². The van der Waals surface area contributed by atoms with Crippen LogP contribution in [0.1, 0.15) is 0 Å². The van der Waals surface area contributed by atoms with E-state index in [4.69, 9.17) is 5.73 Å². The van der Waals surface area contributed by atoms with Gasteiger partial charge in [-0.15, -0.1) is 0 Å². The molecular weight excluding hydrogens is 268 g/mol. The van der Waals surface area contributed by atoms with Crippen LogP contribution in [0.25, 0.3) is 22.0 Å². The number of hydrogen-bond acceptors (Lipinski definition) is 1. The minimum atomic E-state index is 0.723. The number of benzene rings is 3. The maximum Gasteiger partial charge on any atom is 0.101 e. The summed E-state index contributed by atoms with van der Waals surface area (Å²) in [7, 11) is 0. The molecule has 0 spiro atoms. The predicted octanol–water partition coefficient (Wildman–Crippen LogP) is 5.10. The number of aromatic amines is 1. The van der Waals surface area contributed by atoms with Crippen LogP contribution in [0.15, 0.2) is 91.0 Å². The summed E-state index contributed by atoms with van der Waals surface area (Å²) in [5, 5.41) is 1.17. The topological polar surface area (TPSA) is 41.8 Å². The predicted molar refractivity (Wildman–Crippen MR) is 94.6 cm³/mol. The highest BCUT2D eigenvalue weighted by Crippen LogP contribution is 2.17. The van der Waals surface area contributed by atoms with Crippen LogP contribution < -0.4 is 5.73 Å². The zero-order valence-corrected chi connectivity index (χ0v) is 12.2. The second kappa shape index (κ2) is 6.64. The molecule has 22 heavy (non-hydrogen) atoms. The van der Waals surface area contributed by atoms with Crippen LogP contribution >= 0.6 is 0 Å². The smallest absolute Gasteiger partial charge is 0.101 e. The zero-order chi connectivity index (χ0) is 15.2.